The van der Waals surface area contributed by atoms with Crippen LogP contribution in [0.4, 0.5) is 24.7 Å². The number of aromatic nitrogens is 2. The Bertz CT molecular complexity index is 632. The molecular formula is C13H11ClF3N3O. The summed E-state index contributed by atoms with van der Waals surface area (Å²) >= 11 is 5.83. The topological polar surface area (TPSA) is 47.0 Å². The predicted octanol–water partition coefficient (Wildman–Crippen LogP) is 3.83. The molecule has 0 fully saturated rings. The molecule has 0 amide bonds. The smallest absolute Gasteiger partial charge is 0.194 e. The van der Waals surface area contributed by atoms with Crippen LogP contribution in [0.15, 0.2) is 18.2 Å². The molecule has 0 aliphatic heterocycles. The number of nitrogens with zero attached hydrogens (tertiary/aromatic N) is 2. The summed E-state index contributed by atoms with van der Waals surface area (Å²) in [4.78, 5) is 8.02. The van der Waals surface area contributed by atoms with E-state index in [-0.39, 0.29) is 23.3 Å². The third kappa shape index (κ3) is 4.05. The second kappa shape index (κ2) is 6.73. The molecule has 112 valence electrons. The Labute approximate surface area is 123 Å². The van der Waals surface area contributed by atoms with E-state index in [1.165, 1.54) is 6.07 Å². The number of benzene rings is 1. The van der Waals surface area contributed by atoms with Gasteiger partial charge in [0.05, 0.1) is 0 Å². The minimum absolute atomic E-state index is 0.00327. The summed E-state index contributed by atoms with van der Waals surface area (Å²) in [5.41, 5.74) is 0.00327. The standard InChI is InChI=1S/C13H11ClF3N3O/c1-2-21-6-12-19-10(14)5-11(20-12)18-7-3-8(15)13(17)9(16)4-7/h3-5H,2,6H2,1H3,(H,18,19,20). The Morgan fingerprint density at radius 2 is 1.81 bits per heavy atom. The first-order chi connectivity index (χ1) is 9.99. The van der Waals surface area contributed by atoms with Crippen molar-refractivity contribution < 1.29 is 17.9 Å². The fourth-order valence-corrected chi connectivity index (χ4v) is 1.76. The summed E-state index contributed by atoms with van der Waals surface area (Å²) in [6.07, 6.45) is 0. The monoisotopic (exact) mass is 317 g/mol. The number of hydrogen-bond donors (Lipinski definition) is 1. The van der Waals surface area contributed by atoms with Crippen LogP contribution in [0.1, 0.15) is 12.7 Å². The molecule has 1 heterocycles. The largest absolute Gasteiger partial charge is 0.374 e. The van der Waals surface area contributed by atoms with Crippen LogP contribution in [0.3, 0.4) is 0 Å². The van der Waals surface area contributed by atoms with Crippen LogP contribution in [0.2, 0.25) is 5.15 Å². The van der Waals surface area contributed by atoms with E-state index in [1.54, 1.807) is 0 Å². The van der Waals surface area contributed by atoms with Crippen LogP contribution in [-0.4, -0.2) is 16.6 Å². The molecule has 2 aromatic rings. The summed E-state index contributed by atoms with van der Waals surface area (Å²) in [6.45, 7) is 2.44. The van der Waals surface area contributed by atoms with E-state index in [0.29, 0.717) is 12.4 Å². The summed E-state index contributed by atoms with van der Waals surface area (Å²) < 4.78 is 44.3. The van der Waals surface area contributed by atoms with Crippen molar-refractivity contribution in [3.63, 3.8) is 0 Å². The van der Waals surface area contributed by atoms with Crippen molar-refractivity contribution >= 4 is 23.1 Å². The molecule has 0 spiro atoms. The minimum atomic E-state index is -1.53. The van der Waals surface area contributed by atoms with Gasteiger partial charge < -0.3 is 10.1 Å². The average Bonchev–Trinajstić information content (AvgIpc) is 2.42. The van der Waals surface area contributed by atoms with Crippen molar-refractivity contribution in [2.75, 3.05) is 11.9 Å². The van der Waals surface area contributed by atoms with E-state index in [0.717, 1.165) is 12.1 Å². The van der Waals surface area contributed by atoms with E-state index < -0.39 is 17.5 Å². The second-order valence-corrected chi connectivity index (χ2v) is 4.40. The van der Waals surface area contributed by atoms with Gasteiger partial charge in [0.2, 0.25) is 0 Å². The lowest BCUT2D eigenvalue weighted by molar-refractivity contribution is 0.128. The predicted molar refractivity (Wildman–Crippen MR) is 72.0 cm³/mol. The van der Waals surface area contributed by atoms with Crippen LogP contribution >= 0.6 is 11.6 Å². The lowest BCUT2D eigenvalue weighted by Crippen LogP contribution is -2.03. The number of nitrogens with one attached hydrogen (secondary N) is 1. The normalized spacial score (nSPS) is 10.7. The van der Waals surface area contributed by atoms with Gasteiger partial charge in [0.15, 0.2) is 23.3 Å². The maximum absolute atomic E-state index is 13.1. The first-order valence-corrected chi connectivity index (χ1v) is 6.40. The van der Waals surface area contributed by atoms with Crippen molar-refractivity contribution in [1.82, 2.24) is 9.97 Å². The van der Waals surface area contributed by atoms with E-state index >= 15 is 0 Å². The third-order valence-corrected chi connectivity index (χ3v) is 2.63. The van der Waals surface area contributed by atoms with Gasteiger partial charge in [-0.1, -0.05) is 11.6 Å². The molecular weight excluding hydrogens is 307 g/mol. The molecule has 0 saturated carbocycles. The molecule has 0 saturated heterocycles. The fourth-order valence-electron chi connectivity index (χ4n) is 1.56. The van der Waals surface area contributed by atoms with Gasteiger partial charge in [-0.25, -0.2) is 23.1 Å². The molecule has 2 rings (SSSR count). The van der Waals surface area contributed by atoms with Gasteiger partial charge in [0, 0.05) is 30.5 Å². The van der Waals surface area contributed by atoms with Gasteiger partial charge in [-0.05, 0) is 6.92 Å². The highest BCUT2D eigenvalue weighted by molar-refractivity contribution is 6.29. The lowest BCUT2D eigenvalue weighted by Gasteiger charge is -2.09. The second-order valence-electron chi connectivity index (χ2n) is 4.01. The van der Waals surface area contributed by atoms with E-state index in [2.05, 4.69) is 15.3 Å². The highest BCUT2D eigenvalue weighted by Crippen LogP contribution is 2.22. The van der Waals surface area contributed by atoms with Gasteiger partial charge in [-0.15, -0.1) is 0 Å². The van der Waals surface area contributed by atoms with Gasteiger partial charge in [0.25, 0.3) is 0 Å². The summed E-state index contributed by atoms with van der Waals surface area (Å²) in [7, 11) is 0. The molecule has 4 nitrogen and oxygen atoms in total. The number of rotatable bonds is 5. The molecule has 0 atom stereocenters. The van der Waals surface area contributed by atoms with Crippen molar-refractivity contribution in [2.45, 2.75) is 13.5 Å². The average molecular weight is 318 g/mol. The zero-order chi connectivity index (χ0) is 15.4. The molecule has 0 aliphatic rings. The molecule has 0 bridgehead atoms. The van der Waals surface area contributed by atoms with Crippen LogP contribution in [-0.2, 0) is 11.3 Å². The third-order valence-electron chi connectivity index (χ3n) is 2.43. The lowest BCUT2D eigenvalue weighted by atomic mass is 10.3. The molecule has 0 unspecified atom stereocenters. The quantitative estimate of drug-likeness (QED) is 0.672. The van der Waals surface area contributed by atoms with Gasteiger partial charge >= 0.3 is 0 Å². The number of ether oxygens (including phenoxy) is 1. The SMILES string of the molecule is CCOCc1nc(Cl)cc(Nc2cc(F)c(F)c(F)c2)n1. The maximum atomic E-state index is 13.1. The molecule has 1 aromatic heterocycles. The Morgan fingerprint density at radius 1 is 1.14 bits per heavy atom. The molecule has 21 heavy (non-hydrogen) atoms. The molecule has 0 aliphatic carbocycles. The van der Waals surface area contributed by atoms with E-state index in [9.17, 15) is 13.2 Å². The zero-order valence-electron chi connectivity index (χ0n) is 11.0. The number of hydrogen-bond acceptors (Lipinski definition) is 4. The first kappa shape index (κ1) is 15.5. The summed E-state index contributed by atoms with van der Waals surface area (Å²) in [6, 6.07) is 3.00. The fraction of sp³-hybridized carbons (Fsp3) is 0.231. The van der Waals surface area contributed by atoms with Gasteiger partial charge in [0.1, 0.15) is 17.6 Å². The Hall–Kier alpha value is -1.86. The maximum Gasteiger partial charge on any atom is 0.194 e. The first-order valence-electron chi connectivity index (χ1n) is 6.02. The van der Waals surface area contributed by atoms with Crippen LogP contribution in [0.5, 0.6) is 0 Å². The Kier molecular flexibility index (Phi) is 4.98. The van der Waals surface area contributed by atoms with Crippen LogP contribution < -0.4 is 5.32 Å². The summed E-state index contributed by atoms with van der Waals surface area (Å²) in [5, 5.41) is 2.78. The van der Waals surface area contributed by atoms with E-state index in [4.69, 9.17) is 16.3 Å². The van der Waals surface area contributed by atoms with Gasteiger partial charge in [-0.2, -0.15) is 0 Å². The summed E-state index contributed by atoms with van der Waals surface area (Å²) in [5.74, 6) is -3.59. The molecule has 8 heteroatoms. The molecule has 0 radical (unpaired) electrons. The van der Waals surface area contributed by atoms with E-state index in [1.807, 2.05) is 6.92 Å². The molecule has 1 N–H and O–H groups in total. The molecule has 1 aromatic carbocycles. The number of halogens is 4. The van der Waals surface area contributed by atoms with Crippen LogP contribution in [0.25, 0.3) is 0 Å². The van der Waals surface area contributed by atoms with Crippen LogP contribution in [0, 0.1) is 17.5 Å². The zero-order valence-corrected chi connectivity index (χ0v) is 11.7. The van der Waals surface area contributed by atoms with Crippen molar-refractivity contribution in [3.8, 4) is 0 Å². The highest BCUT2D eigenvalue weighted by Gasteiger charge is 2.11. The Morgan fingerprint density at radius 3 is 2.43 bits per heavy atom. The van der Waals surface area contributed by atoms with Crippen molar-refractivity contribution in [2.24, 2.45) is 0 Å². The minimum Gasteiger partial charge on any atom is -0.374 e. The van der Waals surface area contributed by atoms with Crippen molar-refractivity contribution in [3.05, 3.63) is 46.6 Å². The van der Waals surface area contributed by atoms with Gasteiger partial charge in [-0.3, -0.25) is 0 Å². The number of anilines is 2. The van der Waals surface area contributed by atoms with Crippen molar-refractivity contribution in [1.29, 1.82) is 0 Å². The highest BCUT2D eigenvalue weighted by atomic mass is 35.5. The Balaban J connectivity index is 2.24.